The van der Waals surface area contributed by atoms with Gasteiger partial charge >= 0.3 is 0 Å². The van der Waals surface area contributed by atoms with Gasteiger partial charge < -0.3 is 14.6 Å². The summed E-state index contributed by atoms with van der Waals surface area (Å²) >= 11 is 5.45. The van der Waals surface area contributed by atoms with Gasteiger partial charge in [0.2, 0.25) is 5.88 Å². The van der Waals surface area contributed by atoms with Gasteiger partial charge in [-0.05, 0) is 26.3 Å². The third-order valence-corrected chi connectivity index (χ3v) is 4.41. The number of imidazole rings is 1. The lowest BCUT2D eigenvalue weighted by molar-refractivity contribution is 0.103. The summed E-state index contributed by atoms with van der Waals surface area (Å²) in [7, 11) is 5.91. The molecule has 2 aromatic heterocycles. The smallest absolute Gasteiger partial charge is 0.242 e. The molecule has 2 aromatic rings. The van der Waals surface area contributed by atoms with Crippen LogP contribution < -0.4 is 4.74 Å². The first-order valence-corrected chi connectivity index (χ1v) is 7.37. The number of fused-ring (bicyclic) bond motifs is 1. The fraction of sp³-hybridized carbons (Fsp3) is 0.615. The molecule has 114 valence electrons. The van der Waals surface area contributed by atoms with E-state index < -0.39 is 0 Å². The van der Waals surface area contributed by atoms with Crippen molar-refractivity contribution in [3.63, 3.8) is 0 Å². The highest BCUT2D eigenvalue weighted by atomic mass is 32.1. The summed E-state index contributed by atoms with van der Waals surface area (Å²) in [6, 6.07) is 0.412. The Bertz CT molecular complexity index is 696. The fourth-order valence-corrected chi connectivity index (χ4v) is 3.04. The Kier molecular flexibility index (Phi) is 3.92. The van der Waals surface area contributed by atoms with E-state index in [-0.39, 0.29) is 0 Å². The summed E-state index contributed by atoms with van der Waals surface area (Å²) in [5, 5.41) is 0. The van der Waals surface area contributed by atoms with Crippen molar-refractivity contribution in [1.82, 2.24) is 29.3 Å². The van der Waals surface area contributed by atoms with Crippen LogP contribution in [0, 0.1) is 4.77 Å². The number of aromatic amines is 1. The molecular formula is C13H20N6OS. The molecule has 1 fully saturated rings. The number of H-pyrrole nitrogens is 1. The molecule has 1 N–H and O–H groups in total. The summed E-state index contributed by atoms with van der Waals surface area (Å²) in [5.41, 5.74) is 1.56. The minimum atomic E-state index is 0.412. The number of rotatable bonds is 3. The molecule has 1 unspecified atom stereocenters. The van der Waals surface area contributed by atoms with Gasteiger partial charge in [0, 0.05) is 32.2 Å². The zero-order valence-corrected chi connectivity index (χ0v) is 13.4. The zero-order chi connectivity index (χ0) is 15.0. The van der Waals surface area contributed by atoms with Crippen molar-refractivity contribution in [2.45, 2.75) is 12.6 Å². The van der Waals surface area contributed by atoms with Gasteiger partial charge in [-0.25, -0.2) is 4.98 Å². The van der Waals surface area contributed by atoms with Crippen LogP contribution in [-0.4, -0.2) is 76.2 Å². The van der Waals surface area contributed by atoms with Crippen LogP contribution in [-0.2, 0) is 6.54 Å². The molecule has 3 rings (SSSR count). The quantitative estimate of drug-likeness (QED) is 0.844. The molecule has 7 nitrogen and oxygen atoms in total. The number of ether oxygens (including phenoxy) is 1. The van der Waals surface area contributed by atoms with Crippen molar-refractivity contribution in [3.8, 4) is 5.88 Å². The second-order valence-electron chi connectivity index (χ2n) is 5.52. The molecule has 1 saturated heterocycles. The zero-order valence-electron chi connectivity index (χ0n) is 12.5. The summed E-state index contributed by atoms with van der Waals surface area (Å²) in [6.45, 7) is 3.99. The molecule has 0 bridgehead atoms. The number of aromatic nitrogens is 4. The molecule has 8 heteroatoms. The molecule has 1 atom stereocenters. The number of hydrogen-bond donors (Lipinski definition) is 1. The van der Waals surface area contributed by atoms with Crippen LogP contribution in [0.15, 0.2) is 6.33 Å². The largest absolute Gasteiger partial charge is 0.479 e. The van der Waals surface area contributed by atoms with Crippen LogP contribution in [0.4, 0.5) is 0 Å². The van der Waals surface area contributed by atoms with Gasteiger partial charge in [0.05, 0.1) is 7.11 Å². The van der Waals surface area contributed by atoms with E-state index in [4.69, 9.17) is 17.0 Å². The SMILES string of the molecule is COc1ncnc2c1[nH]c(=S)n2CC1CN(C)CCN1C. The minimum Gasteiger partial charge on any atom is -0.479 e. The third-order valence-electron chi connectivity index (χ3n) is 4.09. The molecule has 0 radical (unpaired) electrons. The average molecular weight is 308 g/mol. The molecule has 0 saturated carbocycles. The van der Waals surface area contributed by atoms with Gasteiger partial charge in [-0.3, -0.25) is 9.47 Å². The van der Waals surface area contributed by atoms with Crippen LogP contribution in [0.5, 0.6) is 5.88 Å². The number of likely N-dealkylation sites (N-methyl/N-ethyl adjacent to an activating group) is 2. The molecule has 0 aromatic carbocycles. The maximum absolute atomic E-state index is 5.45. The minimum absolute atomic E-state index is 0.412. The predicted molar refractivity (Wildman–Crippen MR) is 83.2 cm³/mol. The van der Waals surface area contributed by atoms with Gasteiger partial charge in [-0.15, -0.1) is 0 Å². The van der Waals surface area contributed by atoms with E-state index in [1.165, 1.54) is 6.33 Å². The Morgan fingerprint density at radius 2 is 2.19 bits per heavy atom. The summed E-state index contributed by atoms with van der Waals surface area (Å²) in [4.78, 5) is 16.4. The van der Waals surface area contributed by atoms with Crippen LogP contribution in [0.3, 0.4) is 0 Å². The van der Waals surface area contributed by atoms with E-state index in [0.717, 1.165) is 37.3 Å². The summed E-state index contributed by atoms with van der Waals surface area (Å²) in [5.74, 6) is 0.527. The second-order valence-corrected chi connectivity index (χ2v) is 5.91. The van der Waals surface area contributed by atoms with Crippen molar-refractivity contribution < 1.29 is 4.74 Å². The Morgan fingerprint density at radius 3 is 2.95 bits per heavy atom. The monoisotopic (exact) mass is 308 g/mol. The highest BCUT2D eigenvalue weighted by Gasteiger charge is 2.24. The Balaban J connectivity index is 1.97. The first-order chi connectivity index (χ1) is 10.1. The summed E-state index contributed by atoms with van der Waals surface area (Å²) < 4.78 is 7.96. The standard InChI is InChI=1S/C13H20N6OS/c1-17-4-5-18(2)9(6-17)7-19-11-10(16-13(19)21)12(20-3)15-8-14-11/h8-9H,4-7H2,1-3H3,(H,16,21). The van der Waals surface area contributed by atoms with Gasteiger partial charge in [-0.2, -0.15) is 4.98 Å². The number of nitrogens with zero attached hydrogens (tertiary/aromatic N) is 5. The fourth-order valence-electron chi connectivity index (χ4n) is 2.78. The van der Waals surface area contributed by atoms with Gasteiger partial charge in [0.25, 0.3) is 0 Å². The van der Waals surface area contributed by atoms with Gasteiger partial charge in [0.15, 0.2) is 10.4 Å². The lowest BCUT2D eigenvalue weighted by Gasteiger charge is -2.37. The Labute approximate surface area is 128 Å². The average Bonchev–Trinajstić information content (AvgIpc) is 2.79. The molecule has 1 aliphatic heterocycles. The normalized spacial score (nSPS) is 21.0. The molecule has 21 heavy (non-hydrogen) atoms. The topological polar surface area (TPSA) is 62.2 Å². The lowest BCUT2D eigenvalue weighted by atomic mass is 10.2. The van der Waals surface area contributed by atoms with Crippen LogP contribution in [0.2, 0.25) is 0 Å². The highest BCUT2D eigenvalue weighted by molar-refractivity contribution is 7.71. The van der Waals surface area contributed by atoms with Crippen molar-refractivity contribution in [1.29, 1.82) is 0 Å². The summed E-state index contributed by atoms with van der Waals surface area (Å²) in [6.07, 6.45) is 1.51. The predicted octanol–water partition coefficient (Wildman–Crippen LogP) is 0.743. The van der Waals surface area contributed by atoms with Crippen molar-refractivity contribution in [2.75, 3.05) is 40.8 Å². The Morgan fingerprint density at radius 1 is 1.38 bits per heavy atom. The van der Waals surface area contributed by atoms with E-state index in [0.29, 0.717) is 16.7 Å². The maximum atomic E-state index is 5.45. The van der Waals surface area contributed by atoms with Crippen molar-refractivity contribution in [3.05, 3.63) is 11.1 Å². The van der Waals surface area contributed by atoms with Crippen LogP contribution >= 0.6 is 12.2 Å². The number of methoxy groups -OCH3 is 1. The molecule has 1 aliphatic rings. The van der Waals surface area contributed by atoms with Crippen LogP contribution in [0.25, 0.3) is 11.2 Å². The van der Waals surface area contributed by atoms with E-state index >= 15 is 0 Å². The number of piperazine rings is 1. The second kappa shape index (κ2) is 5.70. The maximum Gasteiger partial charge on any atom is 0.242 e. The van der Waals surface area contributed by atoms with E-state index in [9.17, 15) is 0 Å². The molecule has 0 aliphatic carbocycles. The van der Waals surface area contributed by atoms with Crippen LogP contribution in [0.1, 0.15) is 0 Å². The molecule has 3 heterocycles. The van der Waals surface area contributed by atoms with Crippen molar-refractivity contribution in [2.24, 2.45) is 0 Å². The lowest BCUT2D eigenvalue weighted by Crippen LogP contribution is -2.51. The van der Waals surface area contributed by atoms with Gasteiger partial charge in [-0.1, -0.05) is 0 Å². The van der Waals surface area contributed by atoms with E-state index in [2.05, 4.69) is 38.8 Å². The molecule has 0 amide bonds. The number of hydrogen-bond acceptors (Lipinski definition) is 6. The van der Waals surface area contributed by atoms with Crippen molar-refractivity contribution >= 4 is 23.4 Å². The number of nitrogens with one attached hydrogen (secondary N) is 1. The molecule has 0 spiro atoms. The highest BCUT2D eigenvalue weighted by Crippen LogP contribution is 2.21. The first kappa shape index (κ1) is 14.4. The molecular weight excluding hydrogens is 288 g/mol. The van der Waals surface area contributed by atoms with E-state index in [1.807, 2.05) is 4.57 Å². The Hall–Kier alpha value is -1.51. The van der Waals surface area contributed by atoms with E-state index in [1.54, 1.807) is 7.11 Å². The van der Waals surface area contributed by atoms with Gasteiger partial charge in [0.1, 0.15) is 11.8 Å². The third kappa shape index (κ3) is 2.66. The first-order valence-electron chi connectivity index (χ1n) is 6.96.